The zero-order valence-corrected chi connectivity index (χ0v) is 7.91. The predicted octanol–water partition coefficient (Wildman–Crippen LogP) is 2.23. The number of phenolic OH excluding ortho intramolecular Hbond substituents is 1. The quantitative estimate of drug-likeness (QED) is 0.682. The van der Waals surface area contributed by atoms with Crippen LogP contribution in [0.1, 0.15) is 22.8 Å². The molecular weight excluding hydrogens is 164 g/mol. The second-order valence-electron chi connectivity index (χ2n) is 3.13. The Kier molecular flexibility index (Phi) is 2.73. The Labute approximate surface area is 78.2 Å². The van der Waals surface area contributed by atoms with E-state index in [0.29, 0.717) is 5.56 Å². The molecule has 2 N–H and O–H groups in total. The summed E-state index contributed by atoms with van der Waals surface area (Å²) in [5, 5.41) is 19.1. The van der Waals surface area contributed by atoms with Gasteiger partial charge in [0.05, 0.1) is 0 Å². The van der Waals surface area contributed by atoms with Crippen LogP contribution in [0.4, 0.5) is 0 Å². The fourth-order valence-corrected chi connectivity index (χ4v) is 1.19. The average molecular weight is 178 g/mol. The zero-order valence-electron chi connectivity index (χ0n) is 7.91. The van der Waals surface area contributed by atoms with Crippen LogP contribution in [0, 0.1) is 13.8 Å². The van der Waals surface area contributed by atoms with E-state index >= 15 is 0 Å². The first kappa shape index (κ1) is 9.81. The van der Waals surface area contributed by atoms with Crippen LogP contribution in [-0.4, -0.2) is 10.2 Å². The van der Waals surface area contributed by atoms with Gasteiger partial charge in [-0.2, -0.15) is 0 Å². The molecule has 0 aliphatic carbocycles. The van der Waals surface area contributed by atoms with Crippen LogP contribution in [0.2, 0.25) is 0 Å². The lowest BCUT2D eigenvalue weighted by Crippen LogP contribution is -1.95. The van der Waals surface area contributed by atoms with Gasteiger partial charge >= 0.3 is 0 Å². The maximum atomic E-state index is 9.67. The van der Waals surface area contributed by atoms with E-state index in [0.717, 1.165) is 11.1 Å². The number of aromatic hydroxyl groups is 1. The van der Waals surface area contributed by atoms with Gasteiger partial charge in [0.2, 0.25) is 0 Å². The van der Waals surface area contributed by atoms with Crippen molar-refractivity contribution in [1.82, 2.24) is 0 Å². The summed E-state index contributed by atoms with van der Waals surface area (Å²) in [6.07, 6.45) is 0.600. The van der Waals surface area contributed by atoms with Crippen molar-refractivity contribution in [3.05, 3.63) is 41.5 Å². The van der Waals surface area contributed by atoms with E-state index in [9.17, 15) is 10.2 Å². The van der Waals surface area contributed by atoms with Gasteiger partial charge in [-0.05, 0) is 25.0 Å². The van der Waals surface area contributed by atoms with Crippen LogP contribution in [-0.2, 0) is 0 Å². The van der Waals surface area contributed by atoms with Gasteiger partial charge in [0.15, 0.2) is 0 Å². The van der Waals surface area contributed by atoms with E-state index in [2.05, 4.69) is 6.58 Å². The van der Waals surface area contributed by atoms with Gasteiger partial charge in [-0.25, -0.2) is 0 Å². The van der Waals surface area contributed by atoms with Gasteiger partial charge < -0.3 is 10.2 Å². The highest BCUT2D eigenvalue weighted by molar-refractivity contribution is 5.46. The number of phenols is 1. The largest absolute Gasteiger partial charge is 0.507 e. The Balaban J connectivity index is 3.25. The van der Waals surface area contributed by atoms with Crippen molar-refractivity contribution in [2.45, 2.75) is 20.0 Å². The van der Waals surface area contributed by atoms with Gasteiger partial charge in [0.25, 0.3) is 0 Å². The van der Waals surface area contributed by atoms with Gasteiger partial charge in [0.1, 0.15) is 11.9 Å². The summed E-state index contributed by atoms with van der Waals surface area (Å²) in [5.74, 6) is 0.160. The number of rotatable bonds is 2. The molecule has 1 aromatic carbocycles. The summed E-state index contributed by atoms with van der Waals surface area (Å²) in [5.41, 5.74) is 2.33. The van der Waals surface area contributed by atoms with Gasteiger partial charge in [-0.15, -0.1) is 6.58 Å². The molecule has 1 rings (SSSR count). The summed E-state index contributed by atoms with van der Waals surface area (Å²) in [4.78, 5) is 0. The zero-order chi connectivity index (χ0) is 10.0. The molecule has 1 unspecified atom stereocenters. The minimum absolute atomic E-state index is 0.160. The van der Waals surface area contributed by atoms with Crippen molar-refractivity contribution < 1.29 is 10.2 Å². The summed E-state index contributed by atoms with van der Waals surface area (Å²) in [7, 11) is 0. The highest BCUT2D eigenvalue weighted by Gasteiger charge is 2.11. The maximum absolute atomic E-state index is 9.67. The molecule has 0 amide bonds. The van der Waals surface area contributed by atoms with Crippen LogP contribution in [0.5, 0.6) is 5.75 Å². The Morgan fingerprint density at radius 1 is 1.38 bits per heavy atom. The number of aliphatic hydroxyl groups is 1. The first-order valence-electron chi connectivity index (χ1n) is 4.17. The molecule has 1 atom stereocenters. The van der Waals surface area contributed by atoms with Gasteiger partial charge in [0, 0.05) is 5.56 Å². The highest BCUT2D eigenvalue weighted by atomic mass is 16.3. The van der Waals surface area contributed by atoms with Crippen molar-refractivity contribution in [3.8, 4) is 5.75 Å². The molecule has 0 aromatic heterocycles. The van der Waals surface area contributed by atoms with E-state index in [1.54, 1.807) is 6.07 Å². The second-order valence-corrected chi connectivity index (χ2v) is 3.13. The molecule has 0 saturated heterocycles. The third kappa shape index (κ3) is 1.73. The molecule has 0 fully saturated rings. The van der Waals surface area contributed by atoms with Crippen LogP contribution in [0.3, 0.4) is 0 Å². The fourth-order valence-electron chi connectivity index (χ4n) is 1.19. The molecule has 2 heteroatoms. The van der Waals surface area contributed by atoms with E-state index in [-0.39, 0.29) is 5.75 Å². The molecule has 0 saturated carbocycles. The van der Waals surface area contributed by atoms with Gasteiger partial charge in [-0.1, -0.05) is 18.2 Å². The van der Waals surface area contributed by atoms with Crippen molar-refractivity contribution in [2.24, 2.45) is 0 Å². The number of benzene rings is 1. The fraction of sp³-hybridized carbons (Fsp3) is 0.273. The van der Waals surface area contributed by atoms with E-state index in [1.807, 2.05) is 19.9 Å². The Bertz CT molecular complexity index is 329. The molecular formula is C11H14O2. The summed E-state index contributed by atoms with van der Waals surface area (Å²) in [6.45, 7) is 7.21. The molecule has 0 aliphatic rings. The maximum Gasteiger partial charge on any atom is 0.124 e. The third-order valence-electron chi connectivity index (χ3n) is 2.27. The smallest absolute Gasteiger partial charge is 0.124 e. The number of hydrogen-bond acceptors (Lipinski definition) is 2. The number of hydrogen-bond donors (Lipinski definition) is 2. The van der Waals surface area contributed by atoms with Crippen molar-refractivity contribution in [3.63, 3.8) is 0 Å². The molecule has 0 aliphatic heterocycles. The van der Waals surface area contributed by atoms with Crippen LogP contribution in [0.15, 0.2) is 24.8 Å². The SMILES string of the molecule is C=CC(O)c1ccc(C)c(C)c1O. The van der Waals surface area contributed by atoms with E-state index in [4.69, 9.17) is 0 Å². The second kappa shape index (κ2) is 3.62. The minimum Gasteiger partial charge on any atom is -0.507 e. The van der Waals surface area contributed by atoms with Crippen LogP contribution < -0.4 is 0 Å². The predicted molar refractivity (Wildman–Crippen MR) is 52.7 cm³/mol. The van der Waals surface area contributed by atoms with Crippen molar-refractivity contribution in [1.29, 1.82) is 0 Å². The average Bonchev–Trinajstić information content (AvgIpc) is 2.13. The minimum atomic E-state index is -0.792. The highest BCUT2D eigenvalue weighted by Crippen LogP contribution is 2.29. The monoisotopic (exact) mass is 178 g/mol. The summed E-state index contributed by atoms with van der Waals surface area (Å²) < 4.78 is 0. The van der Waals surface area contributed by atoms with E-state index < -0.39 is 6.10 Å². The number of aliphatic hydroxyl groups excluding tert-OH is 1. The van der Waals surface area contributed by atoms with Crippen molar-refractivity contribution >= 4 is 0 Å². The lowest BCUT2D eigenvalue weighted by Gasteiger charge is -2.11. The first-order chi connectivity index (χ1) is 6.07. The third-order valence-corrected chi connectivity index (χ3v) is 2.27. The molecule has 13 heavy (non-hydrogen) atoms. The molecule has 0 bridgehead atoms. The molecule has 0 radical (unpaired) electrons. The molecule has 0 heterocycles. The van der Waals surface area contributed by atoms with Gasteiger partial charge in [-0.3, -0.25) is 0 Å². The topological polar surface area (TPSA) is 40.5 Å². The normalized spacial score (nSPS) is 12.5. The van der Waals surface area contributed by atoms with Crippen molar-refractivity contribution in [2.75, 3.05) is 0 Å². The summed E-state index contributed by atoms with van der Waals surface area (Å²) in [6, 6.07) is 3.58. The Morgan fingerprint density at radius 2 is 2.00 bits per heavy atom. The van der Waals surface area contributed by atoms with E-state index in [1.165, 1.54) is 6.08 Å². The van der Waals surface area contributed by atoms with Crippen LogP contribution >= 0.6 is 0 Å². The Morgan fingerprint density at radius 3 is 2.54 bits per heavy atom. The standard InChI is InChI=1S/C11H14O2/c1-4-10(12)9-6-5-7(2)8(3)11(9)13/h4-6,10,12-13H,1H2,2-3H3. The summed E-state index contributed by atoms with van der Waals surface area (Å²) >= 11 is 0. The lowest BCUT2D eigenvalue weighted by atomic mass is 10.0. The molecule has 0 spiro atoms. The van der Waals surface area contributed by atoms with Crippen LogP contribution in [0.25, 0.3) is 0 Å². The molecule has 70 valence electrons. The Hall–Kier alpha value is -1.28. The number of aryl methyl sites for hydroxylation is 1. The first-order valence-corrected chi connectivity index (χ1v) is 4.17. The molecule has 1 aromatic rings. The molecule has 2 nitrogen and oxygen atoms in total. The lowest BCUT2D eigenvalue weighted by molar-refractivity contribution is 0.224.